The summed E-state index contributed by atoms with van der Waals surface area (Å²) in [5, 5.41) is 3.08. The molecule has 1 aliphatic heterocycles. The van der Waals surface area contributed by atoms with E-state index in [0.29, 0.717) is 11.6 Å². The van der Waals surface area contributed by atoms with Crippen LogP contribution in [0.1, 0.15) is 24.1 Å². The van der Waals surface area contributed by atoms with Crippen LogP contribution in [0.2, 0.25) is 5.02 Å². The van der Waals surface area contributed by atoms with E-state index in [0.717, 1.165) is 23.3 Å². The van der Waals surface area contributed by atoms with E-state index >= 15 is 0 Å². The second kappa shape index (κ2) is 4.98. The quantitative estimate of drug-likeness (QED) is 0.857. The van der Waals surface area contributed by atoms with Crippen LogP contribution < -0.4 is 10.1 Å². The van der Waals surface area contributed by atoms with Gasteiger partial charge in [-0.3, -0.25) is 4.79 Å². The number of ether oxygens (including phenoxy) is 1. The van der Waals surface area contributed by atoms with Gasteiger partial charge in [0.2, 0.25) is 0 Å². The van der Waals surface area contributed by atoms with Gasteiger partial charge in [-0.15, -0.1) is 0 Å². The number of benzene rings is 1. The van der Waals surface area contributed by atoms with Crippen LogP contribution in [0.4, 0.5) is 4.39 Å². The molecule has 0 bridgehead atoms. The Labute approximate surface area is 110 Å². The third kappa shape index (κ3) is 2.48. The van der Waals surface area contributed by atoms with Crippen LogP contribution in [-0.4, -0.2) is 12.5 Å². The molecule has 1 heterocycles. The summed E-state index contributed by atoms with van der Waals surface area (Å²) in [5.41, 5.74) is 1.77. The standard InChI is InChI=1S/C13H13ClFNO2/c1-7(15)13(17)16-8(2)11-6-10(14)5-9-3-4-18-12(9)11/h5-6,8H,1,3-4H2,2H3,(H,16,17). The number of carbonyl (C=O) groups excluding carboxylic acids is 1. The largest absolute Gasteiger partial charge is 0.493 e. The second-order valence-corrected chi connectivity index (χ2v) is 4.62. The van der Waals surface area contributed by atoms with Crippen LogP contribution in [0, 0.1) is 0 Å². The molecule has 0 radical (unpaired) electrons. The molecule has 1 amide bonds. The molecule has 0 saturated heterocycles. The minimum absolute atomic E-state index is 0.393. The Morgan fingerprint density at radius 2 is 2.33 bits per heavy atom. The average molecular weight is 270 g/mol. The van der Waals surface area contributed by atoms with Gasteiger partial charge in [0.25, 0.3) is 5.91 Å². The zero-order chi connectivity index (χ0) is 13.3. The van der Waals surface area contributed by atoms with Gasteiger partial charge in [-0.2, -0.15) is 0 Å². The summed E-state index contributed by atoms with van der Waals surface area (Å²) >= 11 is 6.01. The predicted octanol–water partition coefficient (Wildman–Crippen LogP) is 2.94. The van der Waals surface area contributed by atoms with Gasteiger partial charge in [0.1, 0.15) is 5.75 Å². The first kappa shape index (κ1) is 12.9. The zero-order valence-corrected chi connectivity index (χ0v) is 10.7. The molecule has 0 spiro atoms. The van der Waals surface area contributed by atoms with Gasteiger partial charge in [0.15, 0.2) is 5.83 Å². The monoisotopic (exact) mass is 269 g/mol. The maximum atomic E-state index is 12.7. The molecule has 2 rings (SSSR count). The fraction of sp³-hybridized carbons (Fsp3) is 0.308. The van der Waals surface area contributed by atoms with E-state index in [9.17, 15) is 9.18 Å². The van der Waals surface area contributed by atoms with Crippen LogP contribution >= 0.6 is 11.6 Å². The third-order valence-corrected chi connectivity index (χ3v) is 3.06. The predicted molar refractivity (Wildman–Crippen MR) is 67.5 cm³/mol. The molecule has 18 heavy (non-hydrogen) atoms. The van der Waals surface area contributed by atoms with Crippen molar-refractivity contribution in [1.29, 1.82) is 0 Å². The molecule has 1 aliphatic rings. The van der Waals surface area contributed by atoms with Crippen LogP contribution in [0.25, 0.3) is 0 Å². The smallest absolute Gasteiger partial charge is 0.279 e. The highest BCUT2D eigenvalue weighted by Gasteiger charge is 2.22. The number of amides is 1. The maximum Gasteiger partial charge on any atom is 0.279 e. The van der Waals surface area contributed by atoms with Crippen molar-refractivity contribution in [2.75, 3.05) is 6.61 Å². The molecular formula is C13H13ClFNO2. The summed E-state index contributed by atoms with van der Waals surface area (Å²) < 4.78 is 18.2. The molecule has 1 atom stereocenters. The first-order chi connectivity index (χ1) is 8.49. The molecule has 3 nitrogen and oxygen atoms in total. The molecule has 1 unspecified atom stereocenters. The summed E-state index contributed by atoms with van der Waals surface area (Å²) in [6.07, 6.45) is 0.791. The Balaban J connectivity index is 2.28. The van der Waals surface area contributed by atoms with Crippen molar-refractivity contribution in [2.24, 2.45) is 0 Å². The number of hydrogen-bond acceptors (Lipinski definition) is 2. The minimum atomic E-state index is -1.01. The minimum Gasteiger partial charge on any atom is -0.493 e. The average Bonchev–Trinajstić information content (AvgIpc) is 2.75. The molecular weight excluding hydrogens is 257 g/mol. The van der Waals surface area contributed by atoms with Gasteiger partial charge in [0, 0.05) is 17.0 Å². The number of halogens is 2. The molecule has 96 valence electrons. The van der Waals surface area contributed by atoms with Crippen LogP contribution in [-0.2, 0) is 11.2 Å². The van der Waals surface area contributed by atoms with E-state index in [2.05, 4.69) is 11.9 Å². The zero-order valence-electron chi connectivity index (χ0n) is 9.93. The Bertz CT molecular complexity index is 516. The summed E-state index contributed by atoms with van der Waals surface area (Å²) in [5.74, 6) is -1.10. The molecule has 0 saturated carbocycles. The normalized spacial score (nSPS) is 14.6. The fourth-order valence-corrected chi connectivity index (χ4v) is 2.22. The lowest BCUT2D eigenvalue weighted by atomic mass is 10.0. The maximum absolute atomic E-state index is 12.7. The summed E-state index contributed by atoms with van der Waals surface area (Å²) in [4.78, 5) is 11.3. The van der Waals surface area contributed by atoms with E-state index in [1.54, 1.807) is 13.0 Å². The van der Waals surface area contributed by atoms with Crippen LogP contribution in [0.3, 0.4) is 0 Å². The lowest BCUT2D eigenvalue weighted by Gasteiger charge is -2.17. The van der Waals surface area contributed by atoms with Crippen molar-refractivity contribution < 1.29 is 13.9 Å². The third-order valence-electron chi connectivity index (χ3n) is 2.84. The Hall–Kier alpha value is -1.55. The highest BCUT2D eigenvalue weighted by molar-refractivity contribution is 6.30. The molecule has 1 N–H and O–H groups in total. The van der Waals surface area contributed by atoms with Gasteiger partial charge in [-0.1, -0.05) is 18.2 Å². The number of carbonyl (C=O) groups is 1. The molecule has 1 aromatic carbocycles. The first-order valence-electron chi connectivity index (χ1n) is 5.59. The van der Waals surface area contributed by atoms with Gasteiger partial charge >= 0.3 is 0 Å². The molecule has 0 aromatic heterocycles. The van der Waals surface area contributed by atoms with Crippen LogP contribution in [0.5, 0.6) is 5.75 Å². The molecule has 0 aliphatic carbocycles. The Kier molecular flexibility index (Phi) is 3.57. The van der Waals surface area contributed by atoms with Gasteiger partial charge in [-0.25, -0.2) is 4.39 Å². The number of fused-ring (bicyclic) bond motifs is 1. The van der Waals surface area contributed by atoms with E-state index < -0.39 is 17.8 Å². The summed E-state index contributed by atoms with van der Waals surface area (Å²) in [6, 6.07) is 3.17. The van der Waals surface area contributed by atoms with Crippen LogP contribution in [0.15, 0.2) is 24.5 Å². The topological polar surface area (TPSA) is 38.3 Å². The first-order valence-corrected chi connectivity index (χ1v) is 5.97. The number of rotatable bonds is 3. The highest BCUT2D eigenvalue weighted by atomic mass is 35.5. The molecule has 0 fully saturated rings. The second-order valence-electron chi connectivity index (χ2n) is 4.18. The summed E-state index contributed by atoms with van der Waals surface area (Å²) in [7, 11) is 0. The van der Waals surface area contributed by atoms with Crippen molar-refractivity contribution >= 4 is 17.5 Å². The van der Waals surface area contributed by atoms with E-state index in [4.69, 9.17) is 16.3 Å². The summed E-state index contributed by atoms with van der Waals surface area (Å²) in [6.45, 7) is 5.30. The SMILES string of the molecule is C=C(F)C(=O)NC(C)c1cc(Cl)cc2c1OCC2. The van der Waals surface area contributed by atoms with Gasteiger partial charge in [-0.05, 0) is 24.6 Å². The number of nitrogens with one attached hydrogen (secondary N) is 1. The fourth-order valence-electron chi connectivity index (χ4n) is 1.97. The van der Waals surface area contributed by atoms with Gasteiger partial charge < -0.3 is 10.1 Å². The van der Waals surface area contributed by atoms with Crippen molar-refractivity contribution in [3.63, 3.8) is 0 Å². The Morgan fingerprint density at radius 1 is 1.61 bits per heavy atom. The van der Waals surface area contributed by atoms with E-state index in [1.165, 1.54) is 0 Å². The lowest BCUT2D eigenvalue weighted by Crippen LogP contribution is -2.26. The van der Waals surface area contributed by atoms with Crippen molar-refractivity contribution in [3.05, 3.63) is 40.7 Å². The number of hydrogen-bond donors (Lipinski definition) is 1. The lowest BCUT2D eigenvalue weighted by molar-refractivity contribution is -0.119. The highest BCUT2D eigenvalue weighted by Crippen LogP contribution is 2.36. The van der Waals surface area contributed by atoms with Gasteiger partial charge in [0.05, 0.1) is 12.6 Å². The van der Waals surface area contributed by atoms with E-state index in [1.807, 2.05) is 6.07 Å². The molecule has 1 aromatic rings. The van der Waals surface area contributed by atoms with Crippen molar-refractivity contribution in [1.82, 2.24) is 5.32 Å². The molecule has 5 heteroatoms. The van der Waals surface area contributed by atoms with Crippen molar-refractivity contribution in [3.8, 4) is 5.75 Å². The Morgan fingerprint density at radius 3 is 3.00 bits per heavy atom. The van der Waals surface area contributed by atoms with Crippen molar-refractivity contribution in [2.45, 2.75) is 19.4 Å². The van der Waals surface area contributed by atoms with E-state index in [-0.39, 0.29) is 0 Å².